The maximum atomic E-state index is 10.6. The Morgan fingerprint density at radius 3 is 2.38 bits per heavy atom. The van der Waals surface area contributed by atoms with Crippen molar-refractivity contribution in [1.82, 2.24) is 0 Å². The molecular weight excluding hydrogens is 168 g/mol. The van der Waals surface area contributed by atoms with Gasteiger partial charge in [0.15, 0.2) is 0 Å². The second kappa shape index (κ2) is 4.09. The maximum Gasteiger partial charge on any atom is 0.303 e. The lowest BCUT2D eigenvalue weighted by molar-refractivity contribution is -0.141. The standard InChI is InChI=1S/C10H18O3/c1-10(7-11,6-9(12)13)8-4-2-3-5-8/h8,11H,2-7H2,1H3,(H,12,13). The molecule has 0 spiro atoms. The topological polar surface area (TPSA) is 57.5 Å². The first-order valence-corrected chi connectivity index (χ1v) is 4.91. The molecule has 3 nitrogen and oxygen atoms in total. The third kappa shape index (κ3) is 2.44. The summed E-state index contributed by atoms with van der Waals surface area (Å²) in [6.45, 7) is 1.88. The highest BCUT2D eigenvalue weighted by Gasteiger charge is 2.37. The number of aliphatic hydroxyl groups excluding tert-OH is 1. The number of hydrogen-bond donors (Lipinski definition) is 2. The van der Waals surface area contributed by atoms with Gasteiger partial charge in [-0.2, -0.15) is 0 Å². The second-order valence-corrected chi connectivity index (χ2v) is 4.36. The molecule has 1 aliphatic rings. The average Bonchev–Trinajstić information content (AvgIpc) is 2.55. The summed E-state index contributed by atoms with van der Waals surface area (Å²) in [5, 5.41) is 18.0. The van der Waals surface area contributed by atoms with Crippen LogP contribution in [0.4, 0.5) is 0 Å². The van der Waals surface area contributed by atoms with E-state index >= 15 is 0 Å². The molecule has 3 heteroatoms. The fourth-order valence-corrected chi connectivity index (χ4v) is 2.30. The predicted octanol–water partition coefficient (Wildman–Crippen LogP) is 1.65. The van der Waals surface area contributed by atoms with E-state index in [0.29, 0.717) is 5.92 Å². The minimum atomic E-state index is -0.802. The molecule has 76 valence electrons. The molecule has 0 aromatic carbocycles. The van der Waals surface area contributed by atoms with E-state index in [-0.39, 0.29) is 13.0 Å². The molecule has 1 unspecified atom stereocenters. The largest absolute Gasteiger partial charge is 0.481 e. The van der Waals surface area contributed by atoms with Crippen molar-refractivity contribution in [2.45, 2.75) is 39.0 Å². The van der Waals surface area contributed by atoms with Gasteiger partial charge in [-0.25, -0.2) is 0 Å². The van der Waals surface area contributed by atoms with Gasteiger partial charge < -0.3 is 10.2 Å². The molecule has 1 aliphatic carbocycles. The Morgan fingerprint density at radius 2 is 2.00 bits per heavy atom. The summed E-state index contributed by atoms with van der Waals surface area (Å²) < 4.78 is 0. The number of hydrogen-bond acceptors (Lipinski definition) is 2. The Hall–Kier alpha value is -0.570. The van der Waals surface area contributed by atoms with Crippen molar-refractivity contribution in [2.24, 2.45) is 11.3 Å². The molecule has 1 saturated carbocycles. The minimum absolute atomic E-state index is 0.00995. The summed E-state index contributed by atoms with van der Waals surface area (Å²) in [6, 6.07) is 0. The average molecular weight is 186 g/mol. The van der Waals surface area contributed by atoms with E-state index in [2.05, 4.69) is 0 Å². The predicted molar refractivity (Wildman–Crippen MR) is 49.4 cm³/mol. The normalized spacial score (nSPS) is 22.9. The van der Waals surface area contributed by atoms with Crippen molar-refractivity contribution in [1.29, 1.82) is 0 Å². The van der Waals surface area contributed by atoms with Gasteiger partial charge in [0.25, 0.3) is 0 Å². The first-order valence-electron chi connectivity index (χ1n) is 4.91. The van der Waals surface area contributed by atoms with E-state index in [9.17, 15) is 9.90 Å². The molecule has 13 heavy (non-hydrogen) atoms. The van der Waals surface area contributed by atoms with Crippen LogP contribution < -0.4 is 0 Å². The molecule has 0 aromatic heterocycles. The number of carboxylic acid groups (broad SMARTS) is 1. The maximum absolute atomic E-state index is 10.6. The summed E-state index contributed by atoms with van der Waals surface area (Å²) in [5.41, 5.74) is -0.400. The van der Waals surface area contributed by atoms with Crippen LogP contribution >= 0.6 is 0 Å². The zero-order valence-electron chi connectivity index (χ0n) is 8.12. The minimum Gasteiger partial charge on any atom is -0.481 e. The molecule has 0 aromatic rings. The van der Waals surface area contributed by atoms with Gasteiger partial charge in [-0.05, 0) is 18.8 Å². The SMILES string of the molecule is CC(CO)(CC(=O)O)C1CCCC1. The van der Waals surface area contributed by atoms with Gasteiger partial charge in [0.05, 0.1) is 6.42 Å². The van der Waals surface area contributed by atoms with Gasteiger partial charge in [0.1, 0.15) is 0 Å². The van der Waals surface area contributed by atoms with E-state index in [1.54, 1.807) is 0 Å². The van der Waals surface area contributed by atoms with Crippen LogP contribution in [-0.4, -0.2) is 22.8 Å². The van der Waals surface area contributed by atoms with Crippen LogP contribution in [0, 0.1) is 11.3 Å². The Labute approximate surface area is 78.8 Å². The molecule has 1 fully saturated rings. The van der Waals surface area contributed by atoms with E-state index in [0.717, 1.165) is 12.8 Å². The summed E-state index contributed by atoms with van der Waals surface area (Å²) in [5.74, 6) is -0.406. The molecule has 1 rings (SSSR count). The van der Waals surface area contributed by atoms with Crippen molar-refractivity contribution in [2.75, 3.05) is 6.61 Å². The highest BCUT2D eigenvalue weighted by molar-refractivity contribution is 5.67. The smallest absolute Gasteiger partial charge is 0.303 e. The number of aliphatic carboxylic acids is 1. The van der Waals surface area contributed by atoms with Gasteiger partial charge in [-0.3, -0.25) is 4.79 Å². The van der Waals surface area contributed by atoms with Gasteiger partial charge in [0, 0.05) is 12.0 Å². The van der Waals surface area contributed by atoms with Crippen LogP contribution in [0.25, 0.3) is 0 Å². The summed E-state index contributed by atoms with van der Waals surface area (Å²) in [4.78, 5) is 10.6. The van der Waals surface area contributed by atoms with Crippen molar-refractivity contribution in [3.05, 3.63) is 0 Å². The lowest BCUT2D eigenvalue weighted by Gasteiger charge is -2.32. The molecule has 2 N–H and O–H groups in total. The lowest BCUT2D eigenvalue weighted by atomic mass is 9.74. The summed E-state index contributed by atoms with van der Waals surface area (Å²) in [6.07, 6.45) is 4.60. The molecule has 0 amide bonds. The van der Waals surface area contributed by atoms with Crippen LogP contribution in [0.3, 0.4) is 0 Å². The van der Waals surface area contributed by atoms with Crippen molar-refractivity contribution < 1.29 is 15.0 Å². The third-order valence-corrected chi connectivity index (χ3v) is 3.26. The summed E-state index contributed by atoms with van der Waals surface area (Å²) >= 11 is 0. The van der Waals surface area contributed by atoms with Crippen molar-refractivity contribution in [3.63, 3.8) is 0 Å². The van der Waals surface area contributed by atoms with Crippen LogP contribution in [0.1, 0.15) is 39.0 Å². The van der Waals surface area contributed by atoms with Crippen LogP contribution in [0.2, 0.25) is 0 Å². The molecule has 1 atom stereocenters. The van der Waals surface area contributed by atoms with Gasteiger partial charge in [-0.1, -0.05) is 19.8 Å². The van der Waals surface area contributed by atoms with Crippen molar-refractivity contribution in [3.8, 4) is 0 Å². The zero-order valence-corrected chi connectivity index (χ0v) is 8.12. The van der Waals surface area contributed by atoms with Crippen LogP contribution in [0.5, 0.6) is 0 Å². The number of aliphatic hydroxyl groups is 1. The van der Waals surface area contributed by atoms with Crippen molar-refractivity contribution >= 4 is 5.97 Å². The number of carbonyl (C=O) groups is 1. The fraction of sp³-hybridized carbons (Fsp3) is 0.900. The fourth-order valence-electron chi connectivity index (χ4n) is 2.30. The second-order valence-electron chi connectivity index (χ2n) is 4.36. The van der Waals surface area contributed by atoms with E-state index in [1.807, 2.05) is 6.92 Å². The monoisotopic (exact) mass is 186 g/mol. The van der Waals surface area contributed by atoms with Crippen LogP contribution in [-0.2, 0) is 4.79 Å². The first kappa shape index (κ1) is 10.5. The third-order valence-electron chi connectivity index (χ3n) is 3.26. The first-order chi connectivity index (χ1) is 6.08. The molecule has 0 heterocycles. The molecule has 0 saturated heterocycles. The number of rotatable bonds is 4. The van der Waals surface area contributed by atoms with E-state index in [1.165, 1.54) is 12.8 Å². The lowest BCUT2D eigenvalue weighted by Crippen LogP contribution is -2.32. The van der Waals surface area contributed by atoms with Gasteiger partial charge >= 0.3 is 5.97 Å². The Balaban J connectivity index is 2.61. The van der Waals surface area contributed by atoms with Gasteiger partial charge in [-0.15, -0.1) is 0 Å². The highest BCUT2D eigenvalue weighted by atomic mass is 16.4. The number of carboxylic acids is 1. The highest BCUT2D eigenvalue weighted by Crippen LogP contribution is 2.41. The van der Waals surface area contributed by atoms with Gasteiger partial charge in [0.2, 0.25) is 0 Å². The van der Waals surface area contributed by atoms with Crippen LogP contribution in [0.15, 0.2) is 0 Å². The Morgan fingerprint density at radius 1 is 1.46 bits per heavy atom. The molecular formula is C10H18O3. The quantitative estimate of drug-likeness (QED) is 0.701. The zero-order chi connectivity index (χ0) is 9.90. The van der Waals surface area contributed by atoms with E-state index in [4.69, 9.17) is 5.11 Å². The molecule has 0 bridgehead atoms. The molecule has 0 radical (unpaired) electrons. The Bertz CT molecular complexity index is 185. The summed E-state index contributed by atoms with van der Waals surface area (Å²) in [7, 11) is 0. The molecule has 0 aliphatic heterocycles. The van der Waals surface area contributed by atoms with E-state index < -0.39 is 11.4 Å². The Kier molecular flexibility index (Phi) is 3.31.